The van der Waals surface area contributed by atoms with Crippen molar-refractivity contribution in [3.05, 3.63) is 35.1 Å². The Labute approximate surface area is 146 Å². The molecule has 4 rings (SSSR count). The first-order valence-electron chi connectivity index (χ1n) is 8.93. The number of carbonyl (C=O) groups is 1. The third-order valence-corrected chi connectivity index (χ3v) is 4.92. The Morgan fingerprint density at radius 1 is 1.28 bits per heavy atom. The largest absolute Gasteiger partial charge is 0.474 e. The summed E-state index contributed by atoms with van der Waals surface area (Å²) in [6.45, 7) is 3.16. The molecular formula is C18H22N4O3. The molecule has 0 unspecified atom stereocenters. The molecular weight excluding hydrogens is 320 g/mol. The van der Waals surface area contributed by atoms with Gasteiger partial charge in [0, 0.05) is 50.2 Å². The zero-order valence-electron chi connectivity index (χ0n) is 14.4. The number of aromatic nitrogens is 3. The van der Waals surface area contributed by atoms with E-state index in [9.17, 15) is 4.79 Å². The van der Waals surface area contributed by atoms with Crippen LogP contribution in [0.2, 0.25) is 0 Å². The van der Waals surface area contributed by atoms with Crippen LogP contribution in [0.1, 0.15) is 53.3 Å². The van der Waals surface area contributed by atoms with Gasteiger partial charge in [-0.05, 0) is 26.2 Å². The average molecular weight is 342 g/mol. The van der Waals surface area contributed by atoms with E-state index in [-0.39, 0.29) is 12.0 Å². The van der Waals surface area contributed by atoms with Crippen molar-refractivity contribution in [1.82, 2.24) is 20.0 Å². The summed E-state index contributed by atoms with van der Waals surface area (Å²) < 4.78 is 11.3. The Balaban J connectivity index is 1.37. The maximum Gasteiger partial charge on any atom is 0.276 e. The highest BCUT2D eigenvalue weighted by Gasteiger charge is 2.30. The second-order valence-corrected chi connectivity index (χ2v) is 6.69. The smallest absolute Gasteiger partial charge is 0.276 e. The number of piperidine rings is 1. The van der Waals surface area contributed by atoms with E-state index in [1.54, 1.807) is 12.3 Å². The van der Waals surface area contributed by atoms with Crippen LogP contribution in [0, 0.1) is 6.92 Å². The molecule has 1 fully saturated rings. The van der Waals surface area contributed by atoms with Crippen LogP contribution in [0.5, 0.6) is 5.88 Å². The molecule has 0 saturated carbocycles. The van der Waals surface area contributed by atoms with Gasteiger partial charge in [-0.2, -0.15) is 4.98 Å². The number of aryl methyl sites for hydroxylation is 2. The lowest BCUT2D eigenvalue weighted by atomic mass is 9.96. The van der Waals surface area contributed by atoms with Crippen molar-refractivity contribution in [1.29, 1.82) is 0 Å². The van der Waals surface area contributed by atoms with E-state index in [1.165, 1.54) is 0 Å². The Kier molecular flexibility index (Phi) is 4.38. The molecule has 2 aromatic rings. The van der Waals surface area contributed by atoms with Gasteiger partial charge in [-0.15, -0.1) is 0 Å². The molecule has 2 aliphatic rings. The van der Waals surface area contributed by atoms with Crippen LogP contribution >= 0.6 is 0 Å². The predicted octanol–water partition coefficient (Wildman–Crippen LogP) is 2.34. The highest BCUT2D eigenvalue weighted by atomic mass is 16.5. The van der Waals surface area contributed by atoms with E-state index in [0.29, 0.717) is 30.5 Å². The summed E-state index contributed by atoms with van der Waals surface area (Å²) in [5.41, 5.74) is 1.53. The fraction of sp³-hybridized carbons (Fsp3) is 0.556. The molecule has 7 nitrogen and oxygen atoms in total. The molecule has 0 aromatic carbocycles. The van der Waals surface area contributed by atoms with Gasteiger partial charge in [-0.1, -0.05) is 5.16 Å². The molecule has 132 valence electrons. The maximum atomic E-state index is 12.8. The average Bonchev–Trinajstić information content (AvgIpc) is 3.06. The summed E-state index contributed by atoms with van der Waals surface area (Å²) in [7, 11) is 0. The van der Waals surface area contributed by atoms with E-state index < -0.39 is 0 Å². The van der Waals surface area contributed by atoms with Crippen molar-refractivity contribution in [2.75, 3.05) is 13.1 Å². The highest BCUT2D eigenvalue weighted by Crippen LogP contribution is 2.26. The number of carbonyl (C=O) groups excluding carboxylic acids is 1. The van der Waals surface area contributed by atoms with Gasteiger partial charge in [0.1, 0.15) is 17.7 Å². The van der Waals surface area contributed by atoms with Crippen molar-refractivity contribution in [3.63, 3.8) is 0 Å². The zero-order valence-corrected chi connectivity index (χ0v) is 14.4. The number of nitrogens with zero attached hydrogens (tertiary/aromatic N) is 4. The lowest BCUT2D eigenvalue weighted by molar-refractivity contribution is 0.0577. The quantitative estimate of drug-likeness (QED) is 0.851. The van der Waals surface area contributed by atoms with E-state index in [4.69, 9.17) is 9.26 Å². The maximum absolute atomic E-state index is 12.8. The molecule has 3 heterocycles. The topological polar surface area (TPSA) is 81.4 Å². The molecule has 1 saturated heterocycles. The lowest BCUT2D eigenvalue weighted by Crippen LogP contribution is -2.42. The highest BCUT2D eigenvalue weighted by molar-refractivity contribution is 5.94. The first kappa shape index (κ1) is 16.1. The van der Waals surface area contributed by atoms with Gasteiger partial charge >= 0.3 is 0 Å². The Morgan fingerprint density at radius 3 is 2.88 bits per heavy atom. The first-order chi connectivity index (χ1) is 12.2. The van der Waals surface area contributed by atoms with Crippen molar-refractivity contribution in [3.8, 4) is 5.88 Å². The molecule has 1 aliphatic carbocycles. The van der Waals surface area contributed by atoms with E-state index in [2.05, 4.69) is 15.1 Å². The molecule has 0 N–H and O–H groups in total. The van der Waals surface area contributed by atoms with Crippen LogP contribution in [0.3, 0.4) is 0 Å². The second-order valence-electron chi connectivity index (χ2n) is 6.69. The number of likely N-dealkylation sites (tertiary alicyclic amines) is 1. The van der Waals surface area contributed by atoms with E-state index in [1.807, 2.05) is 11.8 Å². The third kappa shape index (κ3) is 3.36. The van der Waals surface area contributed by atoms with Crippen molar-refractivity contribution >= 4 is 5.91 Å². The summed E-state index contributed by atoms with van der Waals surface area (Å²) in [6.07, 6.45) is 7.35. The zero-order chi connectivity index (χ0) is 17.2. The summed E-state index contributed by atoms with van der Waals surface area (Å²) in [4.78, 5) is 23.0. The molecule has 1 aliphatic heterocycles. The molecule has 0 atom stereocenters. The minimum atomic E-state index is -0.0109. The number of rotatable bonds is 3. The Hall–Kier alpha value is -2.44. The molecule has 1 amide bonds. The van der Waals surface area contributed by atoms with Gasteiger partial charge in [0.05, 0.1) is 0 Å². The van der Waals surface area contributed by atoms with Gasteiger partial charge in [0.2, 0.25) is 5.88 Å². The SMILES string of the molecule is Cc1nccc(OC2CCN(C(=O)c3noc4c3CCCC4)CC2)n1. The standard InChI is InChI=1S/C18H22N4O3/c1-12-19-9-6-16(20-12)24-13-7-10-22(11-8-13)18(23)17-14-4-2-3-5-15(14)25-21-17/h6,9,13H,2-5,7-8,10-11H2,1H3. The van der Waals surface area contributed by atoms with Gasteiger partial charge in [-0.3, -0.25) is 4.79 Å². The minimum absolute atomic E-state index is 0.0109. The second kappa shape index (κ2) is 6.82. The van der Waals surface area contributed by atoms with Crippen molar-refractivity contribution in [2.24, 2.45) is 0 Å². The molecule has 0 bridgehead atoms. The van der Waals surface area contributed by atoms with Crippen molar-refractivity contribution < 1.29 is 14.1 Å². The van der Waals surface area contributed by atoms with Crippen LogP contribution < -0.4 is 4.74 Å². The fourth-order valence-corrected chi connectivity index (χ4v) is 3.55. The van der Waals surface area contributed by atoms with Crippen LogP contribution in [0.25, 0.3) is 0 Å². The molecule has 25 heavy (non-hydrogen) atoms. The van der Waals surface area contributed by atoms with Gasteiger partial charge in [0.15, 0.2) is 5.69 Å². The predicted molar refractivity (Wildman–Crippen MR) is 89.5 cm³/mol. The minimum Gasteiger partial charge on any atom is -0.474 e. The van der Waals surface area contributed by atoms with Crippen molar-refractivity contribution in [2.45, 2.75) is 51.6 Å². The van der Waals surface area contributed by atoms with Crippen LogP contribution in [0.4, 0.5) is 0 Å². The first-order valence-corrected chi connectivity index (χ1v) is 8.93. The number of hydrogen-bond donors (Lipinski definition) is 0. The molecule has 0 radical (unpaired) electrons. The molecule has 0 spiro atoms. The summed E-state index contributed by atoms with van der Waals surface area (Å²) in [5.74, 6) is 2.18. The fourth-order valence-electron chi connectivity index (χ4n) is 3.55. The lowest BCUT2D eigenvalue weighted by Gasteiger charge is -2.31. The molecule has 2 aromatic heterocycles. The number of amides is 1. The van der Waals surface area contributed by atoms with E-state index >= 15 is 0 Å². The Morgan fingerprint density at radius 2 is 2.08 bits per heavy atom. The monoisotopic (exact) mass is 342 g/mol. The molecule has 7 heteroatoms. The number of ether oxygens (including phenoxy) is 1. The number of fused-ring (bicyclic) bond motifs is 1. The van der Waals surface area contributed by atoms with Crippen LogP contribution in [0.15, 0.2) is 16.8 Å². The van der Waals surface area contributed by atoms with Crippen LogP contribution in [-0.2, 0) is 12.8 Å². The van der Waals surface area contributed by atoms with E-state index in [0.717, 1.165) is 49.8 Å². The van der Waals surface area contributed by atoms with Gasteiger partial charge in [-0.25, -0.2) is 4.98 Å². The van der Waals surface area contributed by atoms with Gasteiger partial charge in [0.25, 0.3) is 5.91 Å². The summed E-state index contributed by atoms with van der Waals surface area (Å²) >= 11 is 0. The normalized spacial score (nSPS) is 18.0. The number of hydrogen-bond acceptors (Lipinski definition) is 6. The summed E-state index contributed by atoms with van der Waals surface area (Å²) in [6, 6.07) is 1.77. The Bertz CT molecular complexity index is 765. The van der Waals surface area contributed by atoms with Crippen LogP contribution in [-0.4, -0.2) is 45.1 Å². The summed E-state index contributed by atoms with van der Waals surface area (Å²) in [5, 5.41) is 4.06. The van der Waals surface area contributed by atoms with Gasteiger partial charge < -0.3 is 14.2 Å². The third-order valence-electron chi connectivity index (χ3n) is 4.92.